The molecule has 0 aromatic carbocycles. The van der Waals surface area contributed by atoms with Gasteiger partial charge in [0, 0.05) is 37.1 Å². The maximum atomic E-state index is 13.9. The fourth-order valence-electron chi connectivity index (χ4n) is 6.32. The molecule has 0 bridgehead atoms. The molecule has 188 valence electrons. The van der Waals surface area contributed by atoms with Gasteiger partial charge in [-0.3, -0.25) is 14.4 Å². The number of aromatic hydroxyl groups is 1. The number of nitrogens with zero attached hydrogens (tertiary/aromatic N) is 2. The van der Waals surface area contributed by atoms with Crippen molar-refractivity contribution >= 4 is 29.1 Å². The molecule has 1 fully saturated rings. The molecule has 10 nitrogen and oxygen atoms in total. The maximum Gasteiger partial charge on any atom is 0.255 e. The van der Waals surface area contributed by atoms with Crippen molar-refractivity contribution in [1.82, 2.24) is 4.98 Å². The van der Waals surface area contributed by atoms with E-state index in [2.05, 4.69) is 4.98 Å². The van der Waals surface area contributed by atoms with Crippen molar-refractivity contribution in [3.8, 4) is 5.75 Å². The number of aliphatic hydroxyl groups excluding tert-OH is 2. The summed E-state index contributed by atoms with van der Waals surface area (Å²) in [5, 5.41) is 44.3. The number of carbonyl (C=O) groups excluding carboxylic acids is 3. The number of primary amides is 1. The molecule has 1 aromatic heterocycles. The zero-order chi connectivity index (χ0) is 26.0. The number of pyridine rings is 1. The summed E-state index contributed by atoms with van der Waals surface area (Å²) in [6, 6.07) is 0. The summed E-state index contributed by atoms with van der Waals surface area (Å²) in [4.78, 5) is 45.4. The first-order valence-electron chi connectivity index (χ1n) is 11.8. The summed E-state index contributed by atoms with van der Waals surface area (Å²) in [5.74, 6) is -7.11. The zero-order valence-electron chi connectivity index (χ0n) is 20.2. The molecule has 1 aromatic rings. The van der Waals surface area contributed by atoms with Gasteiger partial charge in [0.15, 0.2) is 11.4 Å². The van der Waals surface area contributed by atoms with E-state index in [1.807, 2.05) is 13.8 Å². The van der Waals surface area contributed by atoms with Crippen LogP contribution in [0.2, 0.25) is 0 Å². The number of rotatable bonds is 5. The van der Waals surface area contributed by atoms with E-state index in [-0.39, 0.29) is 35.6 Å². The number of aliphatic hydroxyl groups is 3. The number of ketones is 2. The molecule has 35 heavy (non-hydrogen) atoms. The molecule has 1 heterocycles. The molecule has 4 atom stereocenters. The van der Waals surface area contributed by atoms with Crippen LogP contribution in [0.1, 0.15) is 44.2 Å². The number of amides is 1. The topological polar surface area (TPSA) is 174 Å². The van der Waals surface area contributed by atoms with Crippen molar-refractivity contribution in [3.63, 3.8) is 0 Å². The molecule has 6 N–H and O–H groups in total. The van der Waals surface area contributed by atoms with Crippen molar-refractivity contribution in [2.45, 2.75) is 45.1 Å². The number of carbonyl (C=O) groups is 3. The molecule has 0 saturated heterocycles. The number of hydrogen-bond donors (Lipinski definition) is 5. The Balaban J connectivity index is 1.99. The summed E-state index contributed by atoms with van der Waals surface area (Å²) in [5.41, 5.74) is 2.44. The Bertz CT molecular complexity index is 1200. The summed E-state index contributed by atoms with van der Waals surface area (Å²) in [6.45, 7) is 3.75. The second kappa shape index (κ2) is 8.37. The van der Waals surface area contributed by atoms with E-state index in [1.165, 1.54) is 6.20 Å². The fourth-order valence-corrected chi connectivity index (χ4v) is 6.32. The van der Waals surface area contributed by atoms with Gasteiger partial charge >= 0.3 is 0 Å². The SMILES string of the molecule is CCC(CC)C1C(=O)C(C(N)=O)=C(O)[C@@]2(O)C(=O)C3=C(O)c4c(O)cnc(N(C)C)c4C[C@H]3C[C@@H]12. The summed E-state index contributed by atoms with van der Waals surface area (Å²) in [7, 11) is 3.52. The van der Waals surface area contributed by atoms with E-state index in [1.54, 1.807) is 19.0 Å². The number of Topliss-reactive ketones (excluding diaryl/α,β-unsaturated/α-hetero) is 2. The van der Waals surface area contributed by atoms with Crippen LogP contribution in [0, 0.1) is 23.7 Å². The van der Waals surface area contributed by atoms with Gasteiger partial charge < -0.3 is 31.1 Å². The van der Waals surface area contributed by atoms with E-state index in [4.69, 9.17) is 5.73 Å². The van der Waals surface area contributed by atoms with Crippen LogP contribution in [0.4, 0.5) is 5.82 Å². The average molecular weight is 486 g/mol. The van der Waals surface area contributed by atoms with Crippen LogP contribution in [-0.2, 0) is 20.8 Å². The predicted octanol–water partition coefficient (Wildman–Crippen LogP) is 1.55. The van der Waals surface area contributed by atoms with Crippen molar-refractivity contribution in [3.05, 3.63) is 34.2 Å². The second-order valence-corrected chi connectivity index (χ2v) is 9.87. The number of aromatic nitrogens is 1. The highest BCUT2D eigenvalue weighted by Gasteiger charge is 2.64. The summed E-state index contributed by atoms with van der Waals surface area (Å²) < 4.78 is 0. The van der Waals surface area contributed by atoms with Crippen LogP contribution in [-0.4, -0.2) is 62.6 Å². The molecule has 3 aliphatic carbocycles. The smallest absolute Gasteiger partial charge is 0.255 e. The Labute approximate surface area is 202 Å². The Morgan fingerprint density at radius 3 is 2.40 bits per heavy atom. The zero-order valence-corrected chi connectivity index (χ0v) is 20.2. The van der Waals surface area contributed by atoms with Gasteiger partial charge in [0.2, 0.25) is 5.78 Å². The molecule has 0 spiro atoms. The van der Waals surface area contributed by atoms with Gasteiger partial charge in [-0.2, -0.15) is 0 Å². The molecule has 4 rings (SSSR count). The van der Waals surface area contributed by atoms with Crippen LogP contribution in [0.15, 0.2) is 23.1 Å². The minimum absolute atomic E-state index is 0.0346. The van der Waals surface area contributed by atoms with Crippen LogP contribution in [0.3, 0.4) is 0 Å². The lowest BCUT2D eigenvalue weighted by Crippen LogP contribution is -2.62. The highest BCUT2D eigenvalue weighted by atomic mass is 16.3. The third-order valence-corrected chi connectivity index (χ3v) is 7.96. The van der Waals surface area contributed by atoms with Crippen molar-refractivity contribution in [2.24, 2.45) is 29.4 Å². The summed E-state index contributed by atoms with van der Waals surface area (Å²) in [6.07, 6.45) is 2.57. The molecular formula is C25H31N3O7. The minimum Gasteiger partial charge on any atom is -0.508 e. The van der Waals surface area contributed by atoms with Gasteiger partial charge in [-0.05, 0) is 24.7 Å². The quantitative estimate of drug-likeness (QED) is 0.388. The Morgan fingerprint density at radius 1 is 1.23 bits per heavy atom. The van der Waals surface area contributed by atoms with E-state index >= 15 is 0 Å². The minimum atomic E-state index is -2.60. The first-order valence-corrected chi connectivity index (χ1v) is 11.8. The number of nitrogens with two attached hydrogens (primary N) is 1. The van der Waals surface area contributed by atoms with Crippen molar-refractivity contribution < 1.29 is 34.8 Å². The largest absolute Gasteiger partial charge is 0.508 e. The van der Waals surface area contributed by atoms with Crippen LogP contribution < -0.4 is 10.6 Å². The third kappa shape index (κ3) is 3.26. The van der Waals surface area contributed by atoms with Crippen LogP contribution in [0.5, 0.6) is 5.75 Å². The van der Waals surface area contributed by atoms with E-state index in [0.29, 0.717) is 24.2 Å². The number of fused-ring (bicyclic) bond motifs is 3. The summed E-state index contributed by atoms with van der Waals surface area (Å²) >= 11 is 0. The predicted molar refractivity (Wildman–Crippen MR) is 126 cm³/mol. The normalized spacial score (nSPS) is 28.1. The third-order valence-electron chi connectivity index (χ3n) is 7.96. The van der Waals surface area contributed by atoms with Crippen LogP contribution in [0.25, 0.3) is 5.76 Å². The molecule has 1 saturated carbocycles. The van der Waals surface area contributed by atoms with Crippen LogP contribution >= 0.6 is 0 Å². The fraction of sp³-hybridized carbons (Fsp3) is 0.520. The van der Waals surface area contributed by atoms with E-state index in [9.17, 15) is 34.8 Å². The average Bonchev–Trinajstić information content (AvgIpc) is 2.78. The monoisotopic (exact) mass is 485 g/mol. The highest BCUT2D eigenvalue weighted by Crippen LogP contribution is 2.55. The van der Waals surface area contributed by atoms with Gasteiger partial charge in [0.05, 0.1) is 11.8 Å². The van der Waals surface area contributed by atoms with E-state index < -0.39 is 57.9 Å². The molecule has 0 radical (unpaired) electrons. The molecular weight excluding hydrogens is 454 g/mol. The van der Waals surface area contributed by atoms with Gasteiger partial charge in [0.25, 0.3) is 5.91 Å². The van der Waals surface area contributed by atoms with Gasteiger partial charge in [0.1, 0.15) is 28.7 Å². The first-order chi connectivity index (χ1) is 16.4. The van der Waals surface area contributed by atoms with Gasteiger partial charge in [-0.1, -0.05) is 26.7 Å². The Morgan fingerprint density at radius 2 is 1.86 bits per heavy atom. The Hall–Kier alpha value is -3.40. The molecule has 1 unspecified atom stereocenters. The molecule has 1 amide bonds. The van der Waals surface area contributed by atoms with E-state index in [0.717, 1.165) is 0 Å². The standard InChI is InChI=1S/C25H31N3O7/c1-5-10(6-2)15-13-8-11-7-12-17(14(29)9-27-24(12)28(3)4)20(31)16(11)21(32)25(13,35)22(33)18(19(15)30)23(26)34/h9-11,13,15,29,31,33,35H,5-8H2,1-4H3,(H2,26,34)/t11-,13-,15?,25-/m0/s1. The second-order valence-electron chi connectivity index (χ2n) is 9.87. The highest BCUT2D eigenvalue weighted by molar-refractivity contribution is 6.23. The Kier molecular flexibility index (Phi) is 5.91. The molecule has 0 aliphatic heterocycles. The lowest BCUT2D eigenvalue weighted by atomic mass is 9.53. The molecule has 3 aliphatic rings. The number of anilines is 1. The van der Waals surface area contributed by atoms with Crippen molar-refractivity contribution in [2.75, 3.05) is 19.0 Å². The molecule has 10 heteroatoms. The van der Waals surface area contributed by atoms with Crippen molar-refractivity contribution in [1.29, 1.82) is 0 Å². The lowest BCUT2D eigenvalue weighted by molar-refractivity contribution is -0.155. The van der Waals surface area contributed by atoms with Gasteiger partial charge in [-0.15, -0.1) is 0 Å². The first kappa shape index (κ1) is 24.7. The van der Waals surface area contributed by atoms with Gasteiger partial charge in [-0.25, -0.2) is 4.98 Å². The maximum absolute atomic E-state index is 13.9. The number of hydrogen-bond acceptors (Lipinski definition) is 9. The lowest BCUT2D eigenvalue weighted by Gasteiger charge is -2.50.